The summed E-state index contributed by atoms with van der Waals surface area (Å²) in [5, 5.41) is 12.3. The van der Waals surface area contributed by atoms with E-state index in [0.717, 1.165) is 8.61 Å². The fourth-order valence-corrected chi connectivity index (χ4v) is 4.67. The molecule has 2 N–H and O–H groups in total. The van der Waals surface area contributed by atoms with Crippen molar-refractivity contribution >= 4 is 45.0 Å². The van der Waals surface area contributed by atoms with Crippen molar-refractivity contribution in [3.8, 4) is 0 Å². The zero-order chi connectivity index (χ0) is 22.2. The lowest BCUT2D eigenvalue weighted by atomic mass is 10.2. The van der Waals surface area contributed by atoms with Gasteiger partial charge in [0.15, 0.2) is 11.6 Å². The third-order valence-electron chi connectivity index (χ3n) is 4.34. The van der Waals surface area contributed by atoms with Crippen LogP contribution in [0.5, 0.6) is 0 Å². The van der Waals surface area contributed by atoms with Gasteiger partial charge in [-0.05, 0) is 26.0 Å². The molecule has 0 unspecified atom stereocenters. The highest BCUT2D eigenvalue weighted by atomic mass is 32.2. The van der Waals surface area contributed by atoms with Crippen LogP contribution in [0.4, 0.5) is 23.0 Å². The predicted molar refractivity (Wildman–Crippen MR) is 110 cm³/mol. The molecule has 0 aliphatic carbocycles. The van der Waals surface area contributed by atoms with Crippen LogP contribution in [0, 0.1) is 13.8 Å². The number of rotatable bonds is 6. The third kappa shape index (κ3) is 4.07. The van der Waals surface area contributed by atoms with Crippen LogP contribution in [-0.2, 0) is 19.8 Å². The number of fused-ring (bicyclic) bond motifs is 1. The molecule has 0 fully saturated rings. The van der Waals surface area contributed by atoms with E-state index >= 15 is 0 Å². The molecule has 2 amide bonds. The van der Waals surface area contributed by atoms with Gasteiger partial charge >= 0.3 is 10.2 Å². The monoisotopic (exact) mass is 446 g/mol. The first-order valence-electron chi connectivity index (χ1n) is 9.10. The first-order chi connectivity index (χ1) is 14.7. The minimum Gasteiger partial charge on any atom is -0.360 e. The SMILES string of the molecule is Cc1cc(NC(=O)CN2c3ccccc3N(CC(=O)Nc3cc(C)on3)S2(=O)=O)no1. The molecule has 12 nitrogen and oxygen atoms in total. The Morgan fingerprint density at radius 1 is 0.871 bits per heavy atom. The Labute approximate surface area is 176 Å². The van der Waals surface area contributed by atoms with Crippen LogP contribution in [0.1, 0.15) is 11.5 Å². The van der Waals surface area contributed by atoms with Crippen LogP contribution in [0.2, 0.25) is 0 Å². The maximum Gasteiger partial charge on any atom is 0.327 e. The molecule has 1 aromatic carbocycles. The lowest BCUT2D eigenvalue weighted by molar-refractivity contribution is -0.115. The zero-order valence-corrected chi connectivity index (χ0v) is 17.3. The van der Waals surface area contributed by atoms with Crippen molar-refractivity contribution in [3.05, 3.63) is 47.9 Å². The number of aryl methyl sites for hydroxylation is 2. The van der Waals surface area contributed by atoms with Crippen molar-refractivity contribution in [2.75, 3.05) is 32.3 Å². The van der Waals surface area contributed by atoms with E-state index in [2.05, 4.69) is 20.9 Å². The van der Waals surface area contributed by atoms with Crippen molar-refractivity contribution in [1.29, 1.82) is 0 Å². The quantitative estimate of drug-likeness (QED) is 0.577. The van der Waals surface area contributed by atoms with Gasteiger partial charge in [-0.15, -0.1) is 0 Å². The molecule has 0 radical (unpaired) electrons. The molecular weight excluding hydrogens is 428 g/mol. The average Bonchev–Trinajstić information content (AvgIpc) is 3.36. The topological polar surface area (TPSA) is 151 Å². The summed E-state index contributed by atoms with van der Waals surface area (Å²) in [5.41, 5.74) is 0.554. The van der Waals surface area contributed by atoms with Crippen LogP contribution in [0.15, 0.2) is 45.4 Å². The van der Waals surface area contributed by atoms with E-state index in [4.69, 9.17) is 9.05 Å². The number of benzene rings is 1. The molecule has 1 aliphatic heterocycles. The summed E-state index contributed by atoms with van der Waals surface area (Å²) in [4.78, 5) is 24.9. The Hall–Kier alpha value is -3.87. The normalized spacial score (nSPS) is 14.4. The molecule has 3 heterocycles. The summed E-state index contributed by atoms with van der Waals surface area (Å²) >= 11 is 0. The number of carbonyl (C=O) groups excluding carboxylic acids is 2. The van der Waals surface area contributed by atoms with E-state index in [-0.39, 0.29) is 23.0 Å². The van der Waals surface area contributed by atoms with Crippen LogP contribution in [0.3, 0.4) is 0 Å². The van der Waals surface area contributed by atoms with Crippen molar-refractivity contribution in [2.24, 2.45) is 0 Å². The first-order valence-corrected chi connectivity index (χ1v) is 10.5. The highest BCUT2D eigenvalue weighted by molar-refractivity contribution is 7.94. The smallest absolute Gasteiger partial charge is 0.327 e. The molecule has 4 rings (SSSR count). The summed E-state index contributed by atoms with van der Waals surface area (Å²) in [6.07, 6.45) is 0. The summed E-state index contributed by atoms with van der Waals surface area (Å²) in [5.74, 6) is 0.105. The Balaban J connectivity index is 1.54. The summed E-state index contributed by atoms with van der Waals surface area (Å²) < 4.78 is 37.9. The Kier molecular flexibility index (Phi) is 5.10. The van der Waals surface area contributed by atoms with Crippen molar-refractivity contribution in [1.82, 2.24) is 10.3 Å². The highest BCUT2D eigenvalue weighted by Crippen LogP contribution is 2.40. The molecule has 3 aromatic rings. The number of hydrogen-bond acceptors (Lipinski definition) is 8. The lowest BCUT2D eigenvalue weighted by Gasteiger charge is -2.20. The number of amides is 2. The van der Waals surface area contributed by atoms with Gasteiger partial charge in [0.1, 0.15) is 24.6 Å². The number of nitrogens with zero attached hydrogens (tertiary/aromatic N) is 4. The van der Waals surface area contributed by atoms with E-state index < -0.39 is 35.1 Å². The van der Waals surface area contributed by atoms with Crippen molar-refractivity contribution < 1.29 is 27.1 Å². The lowest BCUT2D eigenvalue weighted by Crippen LogP contribution is -2.44. The van der Waals surface area contributed by atoms with Gasteiger partial charge in [-0.25, -0.2) is 8.61 Å². The zero-order valence-electron chi connectivity index (χ0n) is 16.5. The number of para-hydroxylation sites is 2. The number of carbonyl (C=O) groups is 2. The van der Waals surface area contributed by atoms with E-state index in [1.165, 1.54) is 12.1 Å². The van der Waals surface area contributed by atoms with E-state index in [0.29, 0.717) is 11.5 Å². The summed E-state index contributed by atoms with van der Waals surface area (Å²) in [6.45, 7) is 2.30. The third-order valence-corrected chi connectivity index (χ3v) is 6.11. The van der Waals surface area contributed by atoms with Gasteiger partial charge in [0, 0.05) is 12.1 Å². The van der Waals surface area contributed by atoms with Gasteiger partial charge in [0.05, 0.1) is 11.4 Å². The predicted octanol–water partition coefficient (Wildman–Crippen LogP) is 1.43. The molecule has 0 saturated heterocycles. The number of hydrogen-bond donors (Lipinski definition) is 2. The molecule has 1 aliphatic rings. The van der Waals surface area contributed by atoms with E-state index in [1.54, 1.807) is 38.1 Å². The molecular formula is C18H18N6O6S. The van der Waals surface area contributed by atoms with Crippen molar-refractivity contribution in [2.45, 2.75) is 13.8 Å². The van der Waals surface area contributed by atoms with Gasteiger partial charge in [0.25, 0.3) is 0 Å². The van der Waals surface area contributed by atoms with Gasteiger partial charge in [-0.3, -0.25) is 9.59 Å². The standard InChI is InChI=1S/C18H18N6O6S/c1-11-7-15(21-29-11)19-17(25)9-23-13-5-3-4-6-14(13)24(31(23,27)28)10-18(26)20-16-8-12(2)30-22-16/h3-8H,9-10H2,1-2H3,(H,19,21,25)(H,20,22,26). The molecule has 0 bridgehead atoms. The van der Waals surface area contributed by atoms with E-state index in [1.807, 2.05) is 0 Å². The number of anilines is 4. The maximum atomic E-state index is 13.2. The Morgan fingerprint density at radius 3 is 1.65 bits per heavy atom. The van der Waals surface area contributed by atoms with Crippen LogP contribution < -0.4 is 19.2 Å². The first kappa shape index (κ1) is 20.4. The molecule has 0 saturated carbocycles. The molecule has 0 atom stereocenters. The molecule has 13 heteroatoms. The molecule has 0 spiro atoms. The molecule has 31 heavy (non-hydrogen) atoms. The molecule has 2 aromatic heterocycles. The van der Waals surface area contributed by atoms with Crippen molar-refractivity contribution in [3.63, 3.8) is 0 Å². The fourth-order valence-electron chi connectivity index (χ4n) is 3.06. The Morgan fingerprint density at radius 2 is 1.29 bits per heavy atom. The average molecular weight is 446 g/mol. The second kappa shape index (κ2) is 7.75. The minimum absolute atomic E-state index is 0.173. The highest BCUT2D eigenvalue weighted by Gasteiger charge is 2.42. The van der Waals surface area contributed by atoms with Crippen LogP contribution >= 0.6 is 0 Å². The largest absolute Gasteiger partial charge is 0.360 e. The Bertz CT molecular complexity index is 1160. The second-order valence-electron chi connectivity index (χ2n) is 6.75. The van der Waals surface area contributed by atoms with Gasteiger partial charge < -0.3 is 19.7 Å². The summed E-state index contributed by atoms with van der Waals surface area (Å²) in [7, 11) is -4.19. The second-order valence-corrected chi connectivity index (χ2v) is 8.53. The number of nitrogens with one attached hydrogen (secondary N) is 2. The minimum atomic E-state index is -4.19. The summed E-state index contributed by atoms with van der Waals surface area (Å²) in [6, 6.07) is 9.40. The fraction of sp³-hybridized carbons (Fsp3) is 0.222. The number of aromatic nitrogens is 2. The molecule has 162 valence electrons. The van der Waals surface area contributed by atoms with Crippen LogP contribution in [-0.4, -0.2) is 43.6 Å². The van der Waals surface area contributed by atoms with Gasteiger partial charge in [-0.1, -0.05) is 22.4 Å². The van der Waals surface area contributed by atoms with E-state index in [9.17, 15) is 18.0 Å². The maximum absolute atomic E-state index is 13.2. The van der Waals surface area contributed by atoms with Gasteiger partial charge in [-0.2, -0.15) is 8.42 Å². The van der Waals surface area contributed by atoms with Crippen LogP contribution in [0.25, 0.3) is 0 Å². The van der Waals surface area contributed by atoms with Gasteiger partial charge in [0.2, 0.25) is 11.8 Å².